The minimum Gasteiger partial charge on any atom is -0.309 e. The Balaban J connectivity index is 1.40. The van der Waals surface area contributed by atoms with Gasteiger partial charge in [0, 0.05) is 22.1 Å². The van der Waals surface area contributed by atoms with E-state index in [0.29, 0.717) is 0 Å². The summed E-state index contributed by atoms with van der Waals surface area (Å²) in [6.45, 7) is 8.58. The smallest absolute Gasteiger partial charge is 0.0618 e. The summed E-state index contributed by atoms with van der Waals surface area (Å²) in [6.07, 6.45) is 14.4. The molecule has 7 aromatic carbocycles. The van der Waals surface area contributed by atoms with Crippen molar-refractivity contribution in [2.45, 2.75) is 78.1 Å². The van der Waals surface area contributed by atoms with Crippen LogP contribution in [0.4, 0.5) is 17.1 Å². The van der Waals surface area contributed by atoms with Crippen molar-refractivity contribution in [2.75, 3.05) is 4.90 Å². The van der Waals surface area contributed by atoms with Gasteiger partial charge in [-0.1, -0.05) is 162 Å². The topological polar surface area (TPSA) is 3.24 Å². The van der Waals surface area contributed by atoms with Crippen LogP contribution in [0.3, 0.4) is 0 Å². The van der Waals surface area contributed by atoms with Crippen molar-refractivity contribution in [3.05, 3.63) is 157 Å². The van der Waals surface area contributed by atoms with Gasteiger partial charge >= 0.3 is 0 Å². The first kappa shape index (κ1) is 34.3. The Kier molecular flexibility index (Phi) is 10.9. The number of anilines is 3. The number of benzene rings is 7. The largest absolute Gasteiger partial charge is 0.309 e. The zero-order chi connectivity index (χ0) is 35.0. The van der Waals surface area contributed by atoms with Gasteiger partial charge in [-0.15, -0.1) is 0 Å². The second kappa shape index (κ2) is 16.3. The average Bonchev–Trinajstić information content (AvgIpc) is 3.18. The zero-order valence-corrected chi connectivity index (χ0v) is 30.5. The summed E-state index contributed by atoms with van der Waals surface area (Å²) in [5.74, 6) is 0. The number of unbranched alkanes of at least 4 members (excludes halogenated alkanes) is 6. The number of hydrogen-bond acceptors (Lipinski definition) is 1. The standard InChI is InChI=1S/C50H51N/c1-4-7-9-11-17-38-24-31-43(32-25-38)51(44-33-26-39(27-34-44)18-12-10-8-5-2)50-47-21-15-13-19-45(47)49(46-20-14-16-22-48(46)50)41-30-29-40-28-23-37(6-3)35-42(40)36-41/h6,13-16,19-36H,3-5,7-12,17-18H2,1-2H3. The highest BCUT2D eigenvalue weighted by atomic mass is 15.1. The molecule has 0 spiro atoms. The summed E-state index contributed by atoms with van der Waals surface area (Å²) < 4.78 is 0. The molecule has 0 aromatic heterocycles. The van der Waals surface area contributed by atoms with Crippen molar-refractivity contribution in [3.63, 3.8) is 0 Å². The molecule has 0 fully saturated rings. The van der Waals surface area contributed by atoms with Gasteiger partial charge in [0.05, 0.1) is 5.69 Å². The molecule has 0 saturated carbocycles. The van der Waals surface area contributed by atoms with Crippen LogP contribution < -0.4 is 4.90 Å². The lowest BCUT2D eigenvalue weighted by Gasteiger charge is -2.30. The van der Waals surface area contributed by atoms with Crippen LogP contribution in [0.5, 0.6) is 0 Å². The molecule has 256 valence electrons. The van der Waals surface area contributed by atoms with E-state index in [-0.39, 0.29) is 0 Å². The van der Waals surface area contributed by atoms with E-state index in [4.69, 9.17) is 0 Å². The number of aryl methyl sites for hydroxylation is 2. The SMILES string of the molecule is C=Cc1ccc2ccc(-c3c4ccccc4c(N(c4ccc(CCCCCC)cc4)c4ccc(CCCCCC)cc4)c4ccccc34)cc2c1. The Morgan fingerprint density at radius 2 is 1.00 bits per heavy atom. The first-order valence-electron chi connectivity index (χ1n) is 19.3. The molecule has 0 bridgehead atoms. The number of hydrogen-bond donors (Lipinski definition) is 0. The van der Waals surface area contributed by atoms with Gasteiger partial charge in [0.1, 0.15) is 0 Å². The first-order valence-corrected chi connectivity index (χ1v) is 19.3. The van der Waals surface area contributed by atoms with Crippen LogP contribution in [0.15, 0.2) is 140 Å². The lowest BCUT2D eigenvalue weighted by Crippen LogP contribution is -2.12. The van der Waals surface area contributed by atoms with E-state index in [0.717, 1.165) is 18.4 Å². The number of rotatable bonds is 15. The maximum absolute atomic E-state index is 4.02. The summed E-state index contributed by atoms with van der Waals surface area (Å²) in [6, 6.07) is 50.2. The molecule has 7 rings (SSSR count). The minimum atomic E-state index is 1.13. The monoisotopic (exact) mass is 665 g/mol. The molecule has 1 nitrogen and oxygen atoms in total. The van der Waals surface area contributed by atoms with Crippen molar-refractivity contribution >= 4 is 55.5 Å². The molecular formula is C50H51N. The third-order valence-corrected chi connectivity index (χ3v) is 10.5. The summed E-state index contributed by atoms with van der Waals surface area (Å²) in [7, 11) is 0. The Bertz CT molecular complexity index is 2130. The van der Waals surface area contributed by atoms with Crippen molar-refractivity contribution in [3.8, 4) is 11.1 Å². The maximum Gasteiger partial charge on any atom is 0.0618 e. The lowest BCUT2D eigenvalue weighted by molar-refractivity contribution is 0.667. The van der Waals surface area contributed by atoms with Gasteiger partial charge in [-0.05, 0) is 111 Å². The van der Waals surface area contributed by atoms with Gasteiger partial charge in [0.25, 0.3) is 0 Å². The molecule has 0 atom stereocenters. The highest BCUT2D eigenvalue weighted by Crippen LogP contribution is 2.48. The van der Waals surface area contributed by atoms with E-state index in [1.807, 2.05) is 6.08 Å². The zero-order valence-electron chi connectivity index (χ0n) is 30.5. The number of nitrogens with zero attached hydrogens (tertiary/aromatic N) is 1. The Morgan fingerprint density at radius 3 is 1.51 bits per heavy atom. The summed E-state index contributed by atoms with van der Waals surface area (Å²) in [5, 5.41) is 7.49. The minimum absolute atomic E-state index is 1.13. The highest BCUT2D eigenvalue weighted by Gasteiger charge is 2.22. The second-order valence-electron chi connectivity index (χ2n) is 14.1. The summed E-state index contributed by atoms with van der Waals surface area (Å²) in [4.78, 5) is 2.51. The molecule has 0 aliphatic heterocycles. The number of fused-ring (bicyclic) bond motifs is 3. The highest BCUT2D eigenvalue weighted by molar-refractivity contribution is 6.22. The molecule has 0 heterocycles. The van der Waals surface area contributed by atoms with E-state index in [1.54, 1.807) is 0 Å². The fourth-order valence-electron chi connectivity index (χ4n) is 7.75. The van der Waals surface area contributed by atoms with Gasteiger partial charge < -0.3 is 4.90 Å². The van der Waals surface area contributed by atoms with Gasteiger partial charge in [0.15, 0.2) is 0 Å². The third kappa shape index (κ3) is 7.49. The van der Waals surface area contributed by atoms with E-state index in [9.17, 15) is 0 Å². The quantitative estimate of drug-likeness (QED) is 0.0778. The Hall–Kier alpha value is -5.14. The molecular weight excluding hydrogens is 615 g/mol. The third-order valence-electron chi connectivity index (χ3n) is 10.5. The van der Waals surface area contributed by atoms with E-state index >= 15 is 0 Å². The normalized spacial score (nSPS) is 11.4. The lowest BCUT2D eigenvalue weighted by atomic mass is 9.89. The van der Waals surface area contributed by atoms with Crippen molar-refractivity contribution < 1.29 is 0 Å². The van der Waals surface area contributed by atoms with Crippen LogP contribution in [-0.4, -0.2) is 0 Å². The van der Waals surface area contributed by atoms with Crippen LogP contribution in [0.2, 0.25) is 0 Å². The average molecular weight is 666 g/mol. The fraction of sp³-hybridized carbons (Fsp3) is 0.240. The molecule has 7 aromatic rings. The van der Waals surface area contributed by atoms with Crippen LogP contribution in [0, 0.1) is 0 Å². The van der Waals surface area contributed by atoms with Crippen molar-refractivity contribution in [1.29, 1.82) is 0 Å². The molecule has 0 aliphatic carbocycles. The molecule has 0 aliphatic rings. The Morgan fingerprint density at radius 1 is 0.490 bits per heavy atom. The fourth-order valence-corrected chi connectivity index (χ4v) is 7.75. The predicted molar refractivity (Wildman–Crippen MR) is 225 cm³/mol. The van der Waals surface area contributed by atoms with Crippen molar-refractivity contribution in [2.24, 2.45) is 0 Å². The van der Waals surface area contributed by atoms with Gasteiger partial charge in [0.2, 0.25) is 0 Å². The molecule has 0 amide bonds. The van der Waals surface area contributed by atoms with Gasteiger partial charge in [-0.2, -0.15) is 0 Å². The molecule has 0 radical (unpaired) electrons. The van der Waals surface area contributed by atoms with E-state index < -0.39 is 0 Å². The molecule has 0 unspecified atom stereocenters. The van der Waals surface area contributed by atoms with E-state index in [1.165, 1.54) is 123 Å². The Labute approximate surface area is 305 Å². The van der Waals surface area contributed by atoms with Crippen LogP contribution in [0.1, 0.15) is 81.9 Å². The first-order chi connectivity index (χ1) is 25.2. The molecule has 0 N–H and O–H groups in total. The second-order valence-corrected chi connectivity index (χ2v) is 14.1. The van der Waals surface area contributed by atoms with E-state index in [2.05, 4.69) is 159 Å². The molecule has 0 saturated heterocycles. The molecule has 1 heteroatoms. The van der Waals surface area contributed by atoms with Gasteiger partial charge in [-0.25, -0.2) is 0 Å². The van der Waals surface area contributed by atoms with Crippen molar-refractivity contribution in [1.82, 2.24) is 0 Å². The van der Waals surface area contributed by atoms with Crippen LogP contribution in [0.25, 0.3) is 49.5 Å². The van der Waals surface area contributed by atoms with Crippen LogP contribution in [-0.2, 0) is 12.8 Å². The van der Waals surface area contributed by atoms with Gasteiger partial charge in [-0.3, -0.25) is 0 Å². The summed E-state index contributed by atoms with van der Waals surface area (Å²) >= 11 is 0. The van der Waals surface area contributed by atoms with Crippen LogP contribution >= 0.6 is 0 Å². The summed E-state index contributed by atoms with van der Waals surface area (Å²) in [5.41, 5.74) is 10.1. The maximum atomic E-state index is 4.02. The molecule has 51 heavy (non-hydrogen) atoms. The predicted octanol–water partition coefficient (Wildman–Crippen LogP) is 15.2.